The molecule has 0 unspecified atom stereocenters. The molecular formula is C15H16O4S. The average molecular weight is 292 g/mol. The van der Waals surface area contributed by atoms with Gasteiger partial charge in [-0.05, 0) is 56.2 Å². The first-order chi connectivity index (χ1) is 9.25. The fraction of sp³-hybridized carbons (Fsp3) is 0.200. The summed E-state index contributed by atoms with van der Waals surface area (Å²) in [5.74, 6) is 0.0369. The molecule has 0 aliphatic carbocycles. The zero-order valence-electron chi connectivity index (χ0n) is 11.5. The zero-order chi connectivity index (χ0) is 15.1. The SMILES string of the molecule is Cc1cc(S(=O)(=O)c2cccc(O)c2C)cc(C)c1O. The maximum absolute atomic E-state index is 12.6. The number of phenolic OH excluding ortho intramolecular Hbond substituents is 2. The molecule has 0 fully saturated rings. The Labute approximate surface area is 118 Å². The van der Waals surface area contributed by atoms with Gasteiger partial charge in [0.2, 0.25) is 9.84 Å². The van der Waals surface area contributed by atoms with E-state index in [1.165, 1.54) is 30.3 Å². The molecule has 0 aromatic heterocycles. The van der Waals surface area contributed by atoms with Gasteiger partial charge in [-0.1, -0.05) is 6.07 Å². The lowest BCUT2D eigenvalue weighted by Gasteiger charge is -2.11. The predicted octanol–water partition coefficient (Wildman–Crippen LogP) is 2.86. The van der Waals surface area contributed by atoms with Crippen LogP contribution in [0.15, 0.2) is 40.1 Å². The molecule has 5 heteroatoms. The van der Waals surface area contributed by atoms with Crippen LogP contribution in [0, 0.1) is 20.8 Å². The lowest BCUT2D eigenvalue weighted by Crippen LogP contribution is -2.05. The van der Waals surface area contributed by atoms with Gasteiger partial charge in [-0.3, -0.25) is 0 Å². The molecule has 0 atom stereocenters. The summed E-state index contributed by atoms with van der Waals surface area (Å²) in [4.78, 5) is 0.181. The first-order valence-corrected chi connectivity index (χ1v) is 7.57. The Kier molecular flexibility index (Phi) is 3.48. The number of sulfone groups is 1. The van der Waals surface area contributed by atoms with E-state index >= 15 is 0 Å². The Hall–Kier alpha value is -2.01. The monoisotopic (exact) mass is 292 g/mol. The molecule has 0 saturated carbocycles. The van der Waals surface area contributed by atoms with E-state index in [4.69, 9.17) is 0 Å². The minimum atomic E-state index is -3.73. The molecular weight excluding hydrogens is 276 g/mol. The van der Waals surface area contributed by atoms with Gasteiger partial charge in [-0.25, -0.2) is 8.42 Å². The second-order valence-corrected chi connectivity index (χ2v) is 6.73. The molecule has 2 N–H and O–H groups in total. The Morgan fingerprint density at radius 2 is 1.50 bits per heavy atom. The molecule has 0 radical (unpaired) electrons. The van der Waals surface area contributed by atoms with Crippen LogP contribution < -0.4 is 0 Å². The number of benzene rings is 2. The highest BCUT2D eigenvalue weighted by molar-refractivity contribution is 7.91. The number of phenols is 2. The molecule has 2 aromatic rings. The van der Waals surface area contributed by atoms with Gasteiger partial charge in [0.25, 0.3) is 0 Å². The summed E-state index contributed by atoms with van der Waals surface area (Å²) in [6.07, 6.45) is 0. The van der Waals surface area contributed by atoms with Crippen molar-refractivity contribution >= 4 is 9.84 Å². The Morgan fingerprint density at radius 1 is 0.950 bits per heavy atom. The first-order valence-electron chi connectivity index (χ1n) is 6.09. The lowest BCUT2D eigenvalue weighted by atomic mass is 10.1. The standard InChI is InChI=1S/C15H16O4S/c1-9-7-12(8-10(2)15(9)17)20(18,19)14-6-4-5-13(16)11(14)3/h4-8,16-17H,1-3H3. The quantitative estimate of drug-likeness (QED) is 0.892. The second-order valence-electron chi connectivity index (χ2n) is 4.81. The number of aromatic hydroxyl groups is 2. The van der Waals surface area contributed by atoms with Crippen molar-refractivity contribution in [2.45, 2.75) is 30.6 Å². The summed E-state index contributed by atoms with van der Waals surface area (Å²) in [6, 6.07) is 7.27. The number of hydrogen-bond donors (Lipinski definition) is 2. The van der Waals surface area contributed by atoms with Crippen LogP contribution in [-0.2, 0) is 9.84 Å². The van der Waals surface area contributed by atoms with Crippen molar-refractivity contribution in [3.05, 3.63) is 47.0 Å². The van der Waals surface area contributed by atoms with Crippen LogP contribution in [0.5, 0.6) is 11.5 Å². The Morgan fingerprint density at radius 3 is 2.05 bits per heavy atom. The summed E-state index contributed by atoms with van der Waals surface area (Å²) in [5.41, 5.74) is 1.32. The van der Waals surface area contributed by atoms with Gasteiger partial charge in [0.15, 0.2) is 0 Å². The van der Waals surface area contributed by atoms with Crippen LogP contribution in [0.25, 0.3) is 0 Å². The summed E-state index contributed by atoms with van der Waals surface area (Å²) < 4.78 is 25.3. The highest BCUT2D eigenvalue weighted by Crippen LogP contribution is 2.32. The molecule has 0 spiro atoms. The molecule has 2 aromatic carbocycles. The molecule has 0 aliphatic heterocycles. The van der Waals surface area contributed by atoms with Crippen LogP contribution >= 0.6 is 0 Å². The molecule has 106 valence electrons. The van der Waals surface area contributed by atoms with Gasteiger partial charge >= 0.3 is 0 Å². The normalized spacial score (nSPS) is 11.6. The predicted molar refractivity (Wildman–Crippen MR) is 75.9 cm³/mol. The van der Waals surface area contributed by atoms with Gasteiger partial charge in [-0.15, -0.1) is 0 Å². The fourth-order valence-corrected chi connectivity index (χ4v) is 3.78. The van der Waals surface area contributed by atoms with E-state index in [1.54, 1.807) is 20.8 Å². The molecule has 0 heterocycles. The smallest absolute Gasteiger partial charge is 0.207 e. The second kappa shape index (κ2) is 4.83. The molecule has 0 saturated heterocycles. The minimum Gasteiger partial charge on any atom is -0.508 e. The van der Waals surface area contributed by atoms with E-state index in [0.29, 0.717) is 16.7 Å². The largest absolute Gasteiger partial charge is 0.508 e. The van der Waals surface area contributed by atoms with Gasteiger partial charge < -0.3 is 10.2 Å². The third-order valence-corrected chi connectivity index (χ3v) is 5.20. The molecule has 2 rings (SSSR count). The average Bonchev–Trinajstić information content (AvgIpc) is 2.38. The van der Waals surface area contributed by atoms with E-state index in [1.807, 2.05) is 0 Å². The van der Waals surface area contributed by atoms with Crippen LogP contribution in [0.4, 0.5) is 0 Å². The van der Waals surface area contributed by atoms with Crippen molar-refractivity contribution in [1.29, 1.82) is 0 Å². The third-order valence-electron chi connectivity index (χ3n) is 3.32. The molecule has 4 nitrogen and oxygen atoms in total. The van der Waals surface area contributed by atoms with Crippen molar-refractivity contribution in [2.75, 3.05) is 0 Å². The van der Waals surface area contributed by atoms with Crippen LogP contribution in [-0.4, -0.2) is 18.6 Å². The Bertz CT molecular complexity index is 753. The summed E-state index contributed by atoms with van der Waals surface area (Å²) in [7, 11) is -3.73. The van der Waals surface area contributed by atoms with Gasteiger partial charge in [0.05, 0.1) is 9.79 Å². The highest BCUT2D eigenvalue weighted by atomic mass is 32.2. The number of rotatable bonds is 2. The number of hydrogen-bond acceptors (Lipinski definition) is 4. The van der Waals surface area contributed by atoms with Crippen LogP contribution in [0.3, 0.4) is 0 Å². The minimum absolute atomic E-state index is 0.0571. The van der Waals surface area contributed by atoms with E-state index in [0.717, 1.165) is 0 Å². The van der Waals surface area contributed by atoms with Crippen molar-refractivity contribution in [1.82, 2.24) is 0 Å². The maximum atomic E-state index is 12.6. The van der Waals surface area contributed by atoms with E-state index in [2.05, 4.69) is 0 Å². The van der Waals surface area contributed by atoms with Crippen molar-refractivity contribution < 1.29 is 18.6 Å². The fourth-order valence-electron chi connectivity index (χ4n) is 2.09. The molecule has 0 bridgehead atoms. The van der Waals surface area contributed by atoms with Crippen molar-refractivity contribution in [3.8, 4) is 11.5 Å². The maximum Gasteiger partial charge on any atom is 0.207 e. The summed E-state index contributed by atoms with van der Waals surface area (Å²) in [5, 5.41) is 19.4. The molecule has 20 heavy (non-hydrogen) atoms. The van der Waals surface area contributed by atoms with E-state index < -0.39 is 9.84 Å². The summed E-state index contributed by atoms with van der Waals surface area (Å²) >= 11 is 0. The zero-order valence-corrected chi connectivity index (χ0v) is 12.3. The van der Waals surface area contributed by atoms with Crippen LogP contribution in [0.2, 0.25) is 0 Å². The first kappa shape index (κ1) is 14.4. The van der Waals surface area contributed by atoms with Crippen molar-refractivity contribution in [2.24, 2.45) is 0 Å². The van der Waals surface area contributed by atoms with E-state index in [-0.39, 0.29) is 21.3 Å². The topological polar surface area (TPSA) is 74.6 Å². The van der Waals surface area contributed by atoms with Crippen molar-refractivity contribution in [3.63, 3.8) is 0 Å². The molecule has 0 amide bonds. The van der Waals surface area contributed by atoms with Crippen LogP contribution in [0.1, 0.15) is 16.7 Å². The number of aryl methyl sites for hydroxylation is 2. The van der Waals surface area contributed by atoms with Gasteiger partial charge in [-0.2, -0.15) is 0 Å². The van der Waals surface area contributed by atoms with E-state index in [9.17, 15) is 18.6 Å². The summed E-state index contributed by atoms with van der Waals surface area (Å²) in [6.45, 7) is 4.86. The molecule has 0 aliphatic rings. The third kappa shape index (κ3) is 2.25. The van der Waals surface area contributed by atoms with Gasteiger partial charge in [0, 0.05) is 5.56 Å². The van der Waals surface area contributed by atoms with Gasteiger partial charge in [0.1, 0.15) is 11.5 Å². The highest BCUT2D eigenvalue weighted by Gasteiger charge is 2.22. The Balaban J connectivity index is 2.70. The lowest BCUT2D eigenvalue weighted by molar-refractivity contribution is 0.465.